The number of nitrogens with two attached hydrogens (primary N) is 1. The Labute approximate surface area is 69.8 Å². The van der Waals surface area contributed by atoms with Gasteiger partial charge < -0.3 is 10.6 Å². The van der Waals surface area contributed by atoms with Crippen molar-refractivity contribution in [2.24, 2.45) is 11.7 Å². The lowest BCUT2D eigenvalue weighted by atomic mass is 9.97. The summed E-state index contributed by atoms with van der Waals surface area (Å²) in [6, 6.07) is 0.769. The molecule has 1 rings (SSSR count). The molecular weight excluding hydrogens is 136 g/mol. The molecule has 0 aromatic heterocycles. The molecule has 2 nitrogen and oxygen atoms in total. The highest BCUT2D eigenvalue weighted by Gasteiger charge is 2.29. The Morgan fingerprint density at radius 3 is 2.82 bits per heavy atom. The molecule has 11 heavy (non-hydrogen) atoms. The molecule has 0 aromatic carbocycles. The maximum atomic E-state index is 5.69. The van der Waals surface area contributed by atoms with Gasteiger partial charge in [-0.15, -0.1) is 0 Å². The highest BCUT2D eigenvalue weighted by Crippen LogP contribution is 2.24. The van der Waals surface area contributed by atoms with E-state index in [2.05, 4.69) is 18.9 Å². The second-order valence-corrected chi connectivity index (χ2v) is 3.62. The number of hydrogen-bond donors (Lipinski definition) is 1. The van der Waals surface area contributed by atoms with Crippen molar-refractivity contribution in [3.05, 3.63) is 0 Å². The smallest absolute Gasteiger partial charge is 0.0133 e. The van der Waals surface area contributed by atoms with Gasteiger partial charge in [-0.25, -0.2) is 0 Å². The second-order valence-electron chi connectivity index (χ2n) is 3.62. The minimum absolute atomic E-state index is 0.764. The Balaban J connectivity index is 2.42. The zero-order chi connectivity index (χ0) is 8.27. The van der Waals surface area contributed by atoms with E-state index in [1.807, 2.05) is 0 Å². The van der Waals surface area contributed by atoms with Crippen molar-refractivity contribution in [1.29, 1.82) is 0 Å². The molecule has 1 aliphatic rings. The Morgan fingerprint density at radius 2 is 2.27 bits per heavy atom. The molecule has 2 heteroatoms. The summed E-state index contributed by atoms with van der Waals surface area (Å²) in [6.45, 7) is 4.36. The zero-order valence-electron chi connectivity index (χ0n) is 7.71. The summed E-state index contributed by atoms with van der Waals surface area (Å²) < 4.78 is 0. The van der Waals surface area contributed by atoms with Gasteiger partial charge in [0, 0.05) is 6.04 Å². The summed E-state index contributed by atoms with van der Waals surface area (Å²) in [6.07, 6.45) is 3.90. The van der Waals surface area contributed by atoms with Gasteiger partial charge in [-0.2, -0.15) is 0 Å². The average Bonchev–Trinajstić information content (AvgIpc) is 2.34. The SMILES string of the molecule is CCCC1C(CN)CCN1C. The second kappa shape index (κ2) is 4.07. The highest BCUT2D eigenvalue weighted by atomic mass is 15.2. The minimum Gasteiger partial charge on any atom is -0.330 e. The van der Waals surface area contributed by atoms with Gasteiger partial charge in [0.05, 0.1) is 0 Å². The van der Waals surface area contributed by atoms with E-state index in [0.29, 0.717) is 0 Å². The molecule has 0 amide bonds. The normalized spacial score (nSPS) is 33.0. The van der Waals surface area contributed by atoms with Crippen LogP contribution in [0, 0.1) is 5.92 Å². The van der Waals surface area contributed by atoms with E-state index < -0.39 is 0 Å². The average molecular weight is 156 g/mol. The number of rotatable bonds is 3. The fourth-order valence-corrected chi connectivity index (χ4v) is 2.11. The van der Waals surface area contributed by atoms with E-state index in [0.717, 1.165) is 18.5 Å². The lowest BCUT2D eigenvalue weighted by Gasteiger charge is -2.23. The van der Waals surface area contributed by atoms with Gasteiger partial charge in [-0.1, -0.05) is 13.3 Å². The van der Waals surface area contributed by atoms with Crippen LogP contribution < -0.4 is 5.73 Å². The predicted molar refractivity (Wildman–Crippen MR) is 48.5 cm³/mol. The minimum atomic E-state index is 0.764. The number of hydrogen-bond acceptors (Lipinski definition) is 2. The monoisotopic (exact) mass is 156 g/mol. The third-order valence-electron chi connectivity index (χ3n) is 2.85. The molecule has 1 heterocycles. The first-order chi connectivity index (χ1) is 5.29. The fraction of sp³-hybridized carbons (Fsp3) is 1.00. The maximum absolute atomic E-state index is 5.69. The van der Waals surface area contributed by atoms with Crippen molar-refractivity contribution in [3.63, 3.8) is 0 Å². The standard InChI is InChI=1S/C9H20N2/c1-3-4-9-8(7-10)5-6-11(9)2/h8-9H,3-7,10H2,1-2H3. The van der Waals surface area contributed by atoms with Crippen molar-refractivity contribution >= 4 is 0 Å². The van der Waals surface area contributed by atoms with Crippen LogP contribution in [0.1, 0.15) is 26.2 Å². The van der Waals surface area contributed by atoms with Gasteiger partial charge >= 0.3 is 0 Å². The van der Waals surface area contributed by atoms with Gasteiger partial charge in [0.25, 0.3) is 0 Å². The molecule has 1 aliphatic heterocycles. The van der Waals surface area contributed by atoms with Crippen LogP contribution in [0.25, 0.3) is 0 Å². The summed E-state index contributed by atoms with van der Waals surface area (Å²) in [5.74, 6) is 0.764. The van der Waals surface area contributed by atoms with Crippen LogP contribution in [0.4, 0.5) is 0 Å². The topological polar surface area (TPSA) is 29.3 Å². The summed E-state index contributed by atoms with van der Waals surface area (Å²) in [5.41, 5.74) is 5.69. The molecule has 1 fully saturated rings. The molecule has 2 N–H and O–H groups in total. The first-order valence-corrected chi connectivity index (χ1v) is 4.70. The van der Waals surface area contributed by atoms with Crippen molar-refractivity contribution in [3.8, 4) is 0 Å². The van der Waals surface area contributed by atoms with Crippen LogP contribution in [0.15, 0.2) is 0 Å². The molecule has 2 unspecified atom stereocenters. The predicted octanol–water partition coefficient (Wildman–Crippen LogP) is 1.07. The third-order valence-corrected chi connectivity index (χ3v) is 2.85. The van der Waals surface area contributed by atoms with Gasteiger partial charge in [-0.05, 0) is 38.9 Å². The van der Waals surface area contributed by atoms with Crippen LogP contribution in [0.2, 0.25) is 0 Å². The molecule has 0 spiro atoms. The van der Waals surface area contributed by atoms with E-state index in [4.69, 9.17) is 5.73 Å². The fourth-order valence-electron chi connectivity index (χ4n) is 2.11. The molecular formula is C9H20N2. The number of likely N-dealkylation sites (tertiary alicyclic amines) is 1. The molecule has 1 saturated heterocycles. The molecule has 0 aromatic rings. The van der Waals surface area contributed by atoms with E-state index in [1.54, 1.807) is 0 Å². The molecule has 0 aliphatic carbocycles. The van der Waals surface area contributed by atoms with Crippen molar-refractivity contribution in [1.82, 2.24) is 4.90 Å². The van der Waals surface area contributed by atoms with Gasteiger partial charge in [-0.3, -0.25) is 0 Å². The van der Waals surface area contributed by atoms with E-state index in [1.165, 1.54) is 25.8 Å². The van der Waals surface area contributed by atoms with Crippen LogP contribution in [0.5, 0.6) is 0 Å². The molecule has 0 bridgehead atoms. The zero-order valence-corrected chi connectivity index (χ0v) is 7.71. The maximum Gasteiger partial charge on any atom is 0.0133 e. The van der Waals surface area contributed by atoms with E-state index in [-0.39, 0.29) is 0 Å². The van der Waals surface area contributed by atoms with Crippen LogP contribution in [0.3, 0.4) is 0 Å². The largest absolute Gasteiger partial charge is 0.330 e. The molecule has 0 radical (unpaired) electrons. The summed E-state index contributed by atoms with van der Waals surface area (Å²) >= 11 is 0. The van der Waals surface area contributed by atoms with Crippen LogP contribution in [-0.2, 0) is 0 Å². The first kappa shape index (κ1) is 9.01. The Morgan fingerprint density at radius 1 is 1.55 bits per heavy atom. The van der Waals surface area contributed by atoms with E-state index >= 15 is 0 Å². The molecule has 66 valence electrons. The molecule has 0 saturated carbocycles. The summed E-state index contributed by atoms with van der Waals surface area (Å²) in [5, 5.41) is 0. The van der Waals surface area contributed by atoms with Crippen LogP contribution >= 0.6 is 0 Å². The summed E-state index contributed by atoms with van der Waals surface area (Å²) in [7, 11) is 2.22. The lowest BCUT2D eigenvalue weighted by Crippen LogP contribution is -2.32. The van der Waals surface area contributed by atoms with Gasteiger partial charge in [0.2, 0.25) is 0 Å². The Hall–Kier alpha value is -0.0800. The van der Waals surface area contributed by atoms with Gasteiger partial charge in [0.15, 0.2) is 0 Å². The van der Waals surface area contributed by atoms with Crippen molar-refractivity contribution in [2.75, 3.05) is 20.1 Å². The van der Waals surface area contributed by atoms with Crippen LogP contribution in [-0.4, -0.2) is 31.1 Å². The van der Waals surface area contributed by atoms with Gasteiger partial charge in [0.1, 0.15) is 0 Å². The third kappa shape index (κ3) is 1.94. The highest BCUT2D eigenvalue weighted by molar-refractivity contribution is 4.84. The van der Waals surface area contributed by atoms with Crippen molar-refractivity contribution < 1.29 is 0 Å². The lowest BCUT2D eigenvalue weighted by molar-refractivity contribution is 0.258. The molecule has 2 atom stereocenters. The quantitative estimate of drug-likeness (QED) is 0.662. The Kier molecular flexibility index (Phi) is 3.34. The number of nitrogens with zero attached hydrogens (tertiary/aromatic N) is 1. The first-order valence-electron chi connectivity index (χ1n) is 4.70. The Bertz CT molecular complexity index is 114. The van der Waals surface area contributed by atoms with E-state index in [9.17, 15) is 0 Å². The van der Waals surface area contributed by atoms with Crippen molar-refractivity contribution in [2.45, 2.75) is 32.2 Å². The summed E-state index contributed by atoms with van der Waals surface area (Å²) in [4.78, 5) is 2.46.